The van der Waals surface area contributed by atoms with Gasteiger partial charge in [0.2, 0.25) is 10.0 Å². The van der Waals surface area contributed by atoms with Gasteiger partial charge in [-0.3, -0.25) is 14.2 Å². The summed E-state index contributed by atoms with van der Waals surface area (Å²) < 4.78 is 51.1. The molecule has 2 aliphatic carbocycles. The van der Waals surface area contributed by atoms with E-state index in [2.05, 4.69) is 15.2 Å². The lowest BCUT2D eigenvalue weighted by Gasteiger charge is -2.49. The Hall–Kier alpha value is -3.51. The van der Waals surface area contributed by atoms with Crippen LogP contribution in [0.3, 0.4) is 0 Å². The highest BCUT2D eigenvalue weighted by Gasteiger charge is 2.52. The van der Waals surface area contributed by atoms with E-state index in [1.165, 1.54) is 28.8 Å². The zero-order chi connectivity index (χ0) is 32.0. The number of nitrogens with zero attached hydrogens (tertiary/aromatic N) is 4. The average molecular weight is 685 g/mol. The first-order chi connectivity index (χ1) is 22.2. The molecule has 3 aliphatic rings. The number of hydrogen-bond acceptors (Lipinski definition) is 6. The highest BCUT2D eigenvalue weighted by Crippen LogP contribution is 2.49. The number of halogens is 3. The maximum Gasteiger partial charge on any atom is 0.253 e. The Balaban J connectivity index is 1.37. The summed E-state index contributed by atoms with van der Waals surface area (Å²) in [5, 5.41) is 7.21. The van der Waals surface area contributed by atoms with E-state index in [1.54, 1.807) is 29.2 Å². The van der Waals surface area contributed by atoms with Crippen molar-refractivity contribution in [3.05, 3.63) is 112 Å². The molecule has 9 nitrogen and oxygen atoms in total. The van der Waals surface area contributed by atoms with Crippen LogP contribution < -0.4 is 4.31 Å². The Kier molecular flexibility index (Phi) is 8.52. The predicted molar refractivity (Wildman–Crippen MR) is 172 cm³/mol. The summed E-state index contributed by atoms with van der Waals surface area (Å²) >= 11 is 12.8. The van der Waals surface area contributed by atoms with Gasteiger partial charge in [0.1, 0.15) is 30.2 Å². The highest BCUT2D eigenvalue weighted by molar-refractivity contribution is 7.93. The summed E-state index contributed by atoms with van der Waals surface area (Å²) in [5.41, 5.74) is 1.49. The molecule has 2 heterocycles. The van der Waals surface area contributed by atoms with Gasteiger partial charge in [-0.25, -0.2) is 17.8 Å². The molecule has 7 rings (SSSR count). The Labute approximate surface area is 276 Å². The van der Waals surface area contributed by atoms with Crippen molar-refractivity contribution >= 4 is 44.8 Å². The zero-order valence-corrected chi connectivity index (χ0v) is 27.0. The van der Waals surface area contributed by atoms with Crippen molar-refractivity contribution in [2.45, 2.75) is 61.6 Å². The second kappa shape index (κ2) is 12.6. The minimum Gasteiger partial charge on any atom is -0.357 e. The number of sulfonamides is 1. The van der Waals surface area contributed by atoms with Crippen LogP contribution in [-0.2, 0) is 26.0 Å². The first-order valence-electron chi connectivity index (χ1n) is 15.3. The molecule has 1 N–H and O–H groups in total. The van der Waals surface area contributed by atoms with Gasteiger partial charge in [0.25, 0.3) is 5.91 Å². The molecule has 240 valence electrons. The molecule has 4 atom stereocenters. The average Bonchev–Trinajstić information content (AvgIpc) is 3.98. The second-order valence-electron chi connectivity index (χ2n) is 12.1. The van der Waals surface area contributed by atoms with E-state index in [-0.39, 0.29) is 30.5 Å². The van der Waals surface area contributed by atoms with Crippen molar-refractivity contribution in [2.24, 2.45) is 5.92 Å². The lowest BCUT2D eigenvalue weighted by molar-refractivity contribution is -0.179. The molecule has 1 aromatic heterocycles. The number of para-hydroxylation sites is 1. The van der Waals surface area contributed by atoms with Crippen molar-refractivity contribution in [3.63, 3.8) is 0 Å². The lowest BCUT2D eigenvalue weighted by Crippen LogP contribution is -2.59. The molecule has 46 heavy (non-hydrogen) atoms. The topological polar surface area (TPSA) is 108 Å². The minimum absolute atomic E-state index is 0.00790. The van der Waals surface area contributed by atoms with Gasteiger partial charge in [-0.2, -0.15) is 5.10 Å². The van der Waals surface area contributed by atoms with Gasteiger partial charge in [-0.05, 0) is 79.1 Å². The first-order valence-corrected chi connectivity index (χ1v) is 17.6. The maximum atomic E-state index is 15.4. The van der Waals surface area contributed by atoms with Crippen molar-refractivity contribution in [3.8, 4) is 0 Å². The largest absolute Gasteiger partial charge is 0.357 e. The third kappa shape index (κ3) is 6.25. The van der Waals surface area contributed by atoms with Crippen molar-refractivity contribution < 1.29 is 22.3 Å². The molecule has 1 aliphatic heterocycles. The molecule has 0 radical (unpaired) electrons. The van der Waals surface area contributed by atoms with Crippen LogP contribution in [0.1, 0.15) is 54.8 Å². The Bertz CT molecular complexity index is 1820. The van der Waals surface area contributed by atoms with Crippen LogP contribution in [0.2, 0.25) is 10.0 Å². The van der Waals surface area contributed by atoms with Gasteiger partial charge >= 0.3 is 0 Å². The fraction of sp³-hybridized carbons (Fsp3) is 0.364. The summed E-state index contributed by atoms with van der Waals surface area (Å²) in [4.78, 5) is 20.8. The number of anilines is 1. The van der Waals surface area contributed by atoms with Gasteiger partial charge in [-0.15, -0.1) is 0 Å². The number of carbonyl (C=O) groups is 1. The summed E-state index contributed by atoms with van der Waals surface area (Å²) in [5.74, 6) is -0.487. The molecular formula is C33H32Cl2FN5O4S. The monoisotopic (exact) mass is 683 g/mol. The molecule has 0 spiro atoms. The summed E-state index contributed by atoms with van der Waals surface area (Å²) in [6.07, 6.45) is 2.46. The quantitative estimate of drug-likeness (QED) is 0.199. The SMILES string of the molecule is O=C1[C@@H](Cc2ncn[nH]2)O[C@H](c2cccc(Cl)c2)[C@@H](c2ccc(Cl)cc2)N1[C@@H](CN(c1ccccc1F)S(=O)(=O)C1CC1)C1CC1. The summed E-state index contributed by atoms with van der Waals surface area (Å²) in [6, 6.07) is 19.1. The molecule has 13 heteroatoms. The van der Waals surface area contributed by atoms with E-state index in [9.17, 15) is 13.2 Å². The van der Waals surface area contributed by atoms with E-state index in [4.69, 9.17) is 27.9 Å². The van der Waals surface area contributed by atoms with Gasteiger partial charge in [0.15, 0.2) is 0 Å². The van der Waals surface area contributed by atoms with Gasteiger partial charge in [0, 0.05) is 16.5 Å². The number of rotatable bonds is 11. The fourth-order valence-electron chi connectivity index (χ4n) is 6.36. The van der Waals surface area contributed by atoms with Crippen molar-refractivity contribution in [1.82, 2.24) is 20.1 Å². The second-order valence-corrected chi connectivity index (χ2v) is 15.1. The van der Waals surface area contributed by atoms with E-state index >= 15 is 4.39 Å². The molecule has 1 saturated heterocycles. The van der Waals surface area contributed by atoms with Gasteiger partial charge < -0.3 is 9.64 Å². The van der Waals surface area contributed by atoms with Crippen LogP contribution in [0.25, 0.3) is 0 Å². The van der Waals surface area contributed by atoms with E-state index in [1.807, 2.05) is 30.3 Å². The van der Waals surface area contributed by atoms with Crippen LogP contribution in [0.5, 0.6) is 0 Å². The number of hydrogen-bond donors (Lipinski definition) is 1. The standard InChI is InChI=1S/C33H32Cl2FN5O4S/c34-23-12-10-21(11-13-23)31-32(22-4-3-5-24(35)16-22)45-29(17-30-37-19-38-39-30)33(42)41(31)28(20-8-9-20)18-40(46(43,44)25-14-15-25)27-7-2-1-6-26(27)36/h1-7,10-13,16,19-20,25,28-29,31-32H,8-9,14-15,17-18H2,(H,37,38,39)/t28-,29+,31+,32+/m0/s1. The number of aromatic amines is 1. The van der Waals surface area contributed by atoms with E-state index in [0.717, 1.165) is 24.0 Å². The van der Waals surface area contributed by atoms with Crippen LogP contribution in [-0.4, -0.2) is 58.3 Å². The van der Waals surface area contributed by atoms with Crippen LogP contribution in [0, 0.1) is 11.7 Å². The van der Waals surface area contributed by atoms with E-state index in [0.29, 0.717) is 28.7 Å². The number of aromatic nitrogens is 3. The first kappa shape index (κ1) is 31.1. The molecule has 2 saturated carbocycles. The number of amides is 1. The Morgan fingerprint density at radius 3 is 2.39 bits per heavy atom. The smallest absolute Gasteiger partial charge is 0.253 e. The summed E-state index contributed by atoms with van der Waals surface area (Å²) in [6.45, 7) is -0.0996. The lowest BCUT2D eigenvalue weighted by atomic mass is 9.89. The molecule has 0 bridgehead atoms. The van der Waals surface area contributed by atoms with Crippen LogP contribution >= 0.6 is 23.2 Å². The number of nitrogens with one attached hydrogen (secondary N) is 1. The third-order valence-corrected chi connectivity index (χ3v) is 11.7. The predicted octanol–water partition coefficient (Wildman–Crippen LogP) is 6.28. The molecule has 4 aromatic rings. The summed E-state index contributed by atoms with van der Waals surface area (Å²) in [7, 11) is -3.91. The molecule has 3 aromatic carbocycles. The number of morpholine rings is 1. The third-order valence-electron chi connectivity index (χ3n) is 8.91. The van der Waals surface area contributed by atoms with Crippen molar-refractivity contribution in [1.29, 1.82) is 0 Å². The van der Waals surface area contributed by atoms with Crippen LogP contribution in [0.15, 0.2) is 79.1 Å². The van der Waals surface area contributed by atoms with E-state index < -0.39 is 45.4 Å². The molecular weight excluding hydrogens is 652 g/mol. The zero-order valence-electron chi connectivity index (χ0n) is 24.7. The Morgan fingerprint density at radius 1 is 0.978 bits per heavy atom. The number of carbonyl (C=O) groups excluding carboxylic acids is 1. The molecule has 1 amide bonds. The Morgan fingerprint density at radius 2 is 1.74 bits per heavy atom. The highest BCUT2D eigenvalue weighted by atomic mass is 35.5. The molecule has 0 unspecified atom stereocenters. The van der Waals surface area contributed by atoms with Gasteiger partial charge in [-0.1, -0.05) is 59.6 Å². The number of H-pyrrole nitrogens is 1. The maximum absolute atomic E-state index is 15.4. The minimum atomic E-state index is -3.91. The number of benzene rings is 3. The number of ether oxygens (including phenoxy) is 1. The van der Waals surface area contributed by atoms with Crippen molar-refractivity contribution in [2.75, 3.05) is 10.8 Å². The van der Waals surface area contributed by atoms with Crippen LogP contribution in [0.4, 0.5) is 10.1 Å². The fourth-order valence-corrected chi connectivity index (χ4v) is 8.56. The van der Waals surface area contributed by atoms with Gasteiger partial charge in [0.05, 0.1) is 29.6 Å². The normalized spacial score (nSPS) is 22.5. The molecule has 3 fully saturated rings.